The molecule has 1 nitrogen and oxygen atoms in total. The van der Waals surface area contributed by atoms with E-state index >= 15 is 0 Å². The van der Waals surface area contributed by atoms with Crippen molar-refractivity contribution in [2.45, 2.75) is 12.3 Å². The minimum absolute atomic E-state index is 0.404. The van der Waals surface area contributed by atoms with Crippen LogP contribution in [0, 0.1) is 0 Å². The van der Waals surface area contributed by atoms with Crippen molar-refractivity contribution in [1.29, 1.82) is 0 Å². The number of hydrogen-bond donors (Lipinski definition) is 1. The van der Waals surface area contributed by atoms with Crippen molar-refractivity contribution in [1.82, 2.24) is 5.32 Å². The Kier molecular flexibility index (Phi) is 1.46. The van der Waals surface area contributed by atoms with Gasteiger partial charge in [-0.2, -0.15) is 0 Å². The Labute approximate surface area is 67.4 Å². The average molecular weight is 147 g/mol. The van der Waals surface area contributed by atoms with Crippen LogP contribution in [0.25, 0.3) is 0 Å². The number of nitrogens with one attached hydrogen (secondary N) is 1. The molecule has 0 spiro atoms. The smallest absolute Gasteiger partial charge is 0.0174 e. The molecule has 1 heteroatoms. The highest BCUT2D eigenvalue weighted by atomic mass is 15.0. The minimum atomic E-state index is 0.404. The molecule has 11 heavy (non-hydrogen) atoms. The molecule has 1 fully saturated rings. The molecule has 1 aromatic carbocycles. The lowest BCUT2D eigenvalue weighted by molar-refractivity contribution is 0.305. The predicted molar refractivity (Wildman–Crippen MR) is 46.7 cm³/mol. The Morgan fingerprint density at radius 1 is 1.18 bits per heavy atom. The number of hydrogen-bond acceptors (Lipinski definition) is 1. The standard InChI is InChI=1S/C10H13N/c1-10(7-11-8-10)9-5-3-2-4-6-9/h2-6,11H,7-8H2,1H3. The zero-order chi connectivity index (χ0) is 7.73. The zero-order valence-electron chi connectivity index (χ0n) is 6.80. The summed E-state index contributed by atoms with van der Waals surface area (Å²) in [4.78, 5) is 0. The molecule has 0 saturated carbocycles. The molecule has 1 heterocycles. The first-order valence-electron chi connectivity index (χ1n) is 4.07. The molecule has 0 unspecified atom stereocenters. The molecule has 0 radical (unpaired) electrons. The molecule has 1 aliphatic rings. The van der Waals surface area contributed by atoms with Crippen molar-refractivity contribution < 1.29 is 0 Å². The van der Waals surface area contributed by atoms with Crippen molar-refractivity contribution in [3.05, 3.63) is 35.9 Å². The summed E-state index contributed by atoms with van der Waals surface area (Å²) in [7, 11) is 0. The van der Waals surface area contributed by atoms with E-state index in [2.05, 4.69) is 42.6 Å². The van der Waals surface area contributed by atoms with Gasteiger partial charge in [-0.15, -0.1) is 0 Å². The van der Waals surface area contributed by atoms with E-state index in [0.29, 0.717) is 5.41 Å². The molecule has 0 amide bonds. The van der Waals surface area contributed by atoms with E-state index in [1.165, 1.54) is 5.56 Å². The molecule has 1 aromatic rings. The highest BCUT2D eigenvalue weighted by Crippen LogP contribution is 2.26. The van der Waals surface area contributed by atoms with Crippen LogP contribution < -0.4 is 5.32 Å². The largest absolute Gasteiger partial charge is 0.315 e. The maximum Gasteiger partial charge on any atom is 0.0174 e. The van der Waals surface area contributed by atoms with Gasteiger partial charge in [0.1, 0.15) is 0 Å². The van der Waals surface area contributed by atoms with Gasteiger partial charge < -0.3 is 5.32 Å². The van der Waals surface area contributed by atoms with Crippen LogP contribution in [-0.2, 0) is 5.41 Å². The van der Waals surface area contributed by atoms with E-state index in [9.17, 15) is 0 Å². The van der Waals surface area contributed by atoms with Gasteiger partial charge in [-0.25, -0.2) is 0 Å². The van der Waals surface area contributed by atoms with E-state index in [4.69, 9.17) is 0 Å². The topological polar surface area (TPSA) is 12.0 Å². The van der Waals surface area contributed by atoms with Gasteiger partial charge in [0.05, 0.1) is 0 Å². The average Bonchev–Trinajstić information content (AvgIpc) is 2.02. The Morgan fingerprint density at radius 3 is 2.27 bits per heavy atom. The molecule has 1 aliphatic heterocycles. The van der Waals surface area contributed by atoms with Gasteiger partial charge >= 0.3 is 0 Å². The fraction of sp³-hybridized carbons (Fsp3) is 0.400. The molecule has 0 aromatic heterocycles. The first kappa shape index (κ1) is 6.86. The van der Waals surface area contributed by atoms with E-state index in [0.717, 1.165) is 13.1 Å². The van der Waals surface area contributed by atoms with Gasteiger partial charge in [0.15, 0.2) is 0 Å². The van der Waals surface area contributed by atoms with Crippen molar-refractivity contribution in [3.63, 3.8) is 0 Å². The molecule has 58 valence electrons. The highest BCUT2D eigenvalue weighted by molar-refractivity contribution is 5.28. The van der Waals surface area contributed by atoms with Crippen LogP contribution in [0.5, 0.6) is 0 Å². The SMILES string of the molecule is CC1(c2ccccc2)CNC1. The van der Waals surface area contributed by atoms with E-state index in [1.807, 2.05) is 0 Å². The van der Waals surface area contributed by atoms with Gasteiger partial charge in [-0.05, 0) is 5.56 Å². The molecule has 0 aliphatic carbocycles. The lowest BCUT2D eigenvalue weighted by atomic mass is 9.77. The summed E-state index contributed by atoms with van der Waals surface area (Å²) in [6.07, 6.45) is 0. The third-order valence-electron chi connectivity index (χ3n) is 2.50. The van der Waals surface area contributed by atoms with Crippen LogP contribution >= 0.6 is 0 Å². The second kappa shape index (κ2) is 2.35. The summed E-state index contributed by atoms with van der Waals surface area (Å²) in [6.45, 7) is 4.55. The van der Waals surface area contributed by atoms with Gasteiger partial charge in [-0.3, -0.25) is 0 Å². The van der Waals surface area contributed by atoms with Crippen molar-refractivity contribution in [2.24, 2.45) is 0 Å². The third kappa shape index (κ3) is 1.05. The maximum absolute atomic E-state index is 3.30. The monoisotopic (exact) mass is 147 g/mol. The number of rotatable bonds is 1. The predicted octanol–water partition coefficient (Wildman–Crippen LogP) is 1.55. The van der Waals surface area contributed by atoms with Crippen molar-refractivity contribution in [2.75, 3.05) is 13.1 Å². The van der Waals surface area contributed by atoms with Gasteiger partial charge in [-0.1, -0.05) is 37.3 Å². The summed E-state index contributed by atoms with van der Waals surface area (Å²) in [6, 6.07) is 10.7. The third-order valence-corrected chi connectivity index (χ3v) is 2.50. The maximum atomic E-state index is 3.30. The van der Waals surface area contributed by atoms with Crippen molar-refractivity contribution >= 4 is 0 Å². The van der Waals surface area contributed by atoms with Crippen LogP contribution in [0.2, 0.25) is 0 Å². The van der Waals surface area contributed by atoms with Crippen LogP contribution in [0.15, 0.2) is 30.3 Å². The molecule has 0 bridgehead atoms. The van der Waals surface area contributed by atoms with Gasteiger partial charge in [0, 0.05) is 18.5 Å². The quantitative estimate of drug-likeness (QED) is 0.635. The van der Waals surface area contributed by atoms with Crippen LogP contribution in [-0.4, -0.2) is 13.1 Å². The molecule has 1 saturated heterocycles. The summed E-state index contributed by atoms with van der Waals surface area (Å²) >= 11 is 0. The molecule has 2 rings (SSSR count). The summed E-state index contributed by atoms with van der Waals surface area (Å²) < 4.78 is 0. The normalized spacial score (nSPS) is 20.8. The van der Waals surface area contributed by atoms with Crippen LogP contribution in [0.1, 0.15) is 12.5 Å². The first-order valence-corrected chi connectivity index (χ1v) is 4.07. The number of benzene rings is 1. The Morgan fingerprint density at radius 2 is 1.82 bits per heavy atom. The van der Waals surface area contributed by atoms with Crippen LogP contribution in [0.4, 0.5) is 0 Å². The molecular weight excluding hydrogens is 134 g/mol. The van der Waals surface area contributed by atoms with Crippen LogP contribution in [0.3, 0.4) is 0 Å². The summed E-state index contributed by atoms with van der Waals surface area (Å²) in [5.41, 5.74) is 1.86. The summed E-state index contributed by atoms with van der Waals surface area (Å²) in [5.74, 6) is 0. The lowest BCUT2D eigenvalue weighted by Gasteiger charge is -2.39. The Hall–Kier alpha value is -0.820. The fourth-order valence-corrected chi connectivity index (χ4v) is 1.54. The van der Waals surface area contributed by atoms with Gasteiger partial charge in [0.25, 0.3) is 0 Å². The Balaban J connectivity index is 2.29. The zero-order valence-corrected chi connectivity index (χ0v) is 6.80. The second-order valence-electron chi connectivity index (χ2n) is 3.53. The van der Waals surface area contributed by atoms with E-state index in [1.54, 1.807) is 0 Å². The first-order chi connectivity index (χ1) is 5.31. The molecular formula is C10H13N. The lowest BCUT2D eigenvalue weighted by Crippen LogP contribution is -2.54. The Bertz CT molecular complexity index is 236. The minimum Gasteiger partial charge on any atom is -0.315 e. The van der Waals surface area contributed by atoms with Crippen molar-refractivity contribution in [3.8, 4) is 0 Å². The van der Waals surface area contributed by atoms with E-state index in [-0.39, 0.29) is 0 Å². The van der Waals surface area contributed by atoms with E-state index < -0.39 is 0 Å². The summed E-state index contributed by atoms with van der Waals surface area (Å²) in [5, 5.41) is 3.30. The molecule has 0 atom stereocenters. The fourth-order valence-electron chi connectivity index (χ4n) is 1.54. The van der Waals surface area contributed by atoms with Gasteiger partial charge in [0.2, 0.25) is 0 Å². The second-order valence-corrected chi connectivity index (χ2v) is 3.53. The highest BCUT2D eigenvalue weighted by Gasteiger charge is 2.32. The molecule has 1 N–H and O–H groups in total.